The highest BCUT2D eigenvalue weighted by Gasteiger charge is 2.35. The van der Waals surface area contributed by atoms with Gasteiger partial charge < -0.3 is 5.32 Å². The lowest BCUT2D eigenvalue weighted by molar-refractivity contribution is -0.140. The molecule has 2 heterocycles. The molecule has 0 spiro atoms. The van der Waals surface area contributed by atoms with E-state index in [1.54, 1.807) is 0 Å². The maximum Gasteiger partial charge on any atom is 0.433 e. The predicted molar refractivity (Wildman–Crippen MR) is 79.3 cm³/mol. The molecule has 0 aliphatic carbocycles. The molecule has 0 saturated carbocycles. The minimum absolute atomic E-state index is 0.00255. The third kappa shape index (κ3) is 3.65. The van der Waals surface area contributed by atoms with Crippen LogP contribution in [0.4, 0.5) is 37.7 Å². The van der Waals surface area contributed by atoms with Gasteiger partial charge in [0.15, 0.2) is 0 Å². The lowest BCUT2D eigenvalue weighted by Crippen LogP contribution is -2.10. The first-order valence-corrected chi connectivity index (χ1v) is 6.91. The van der Waals surface area contributed by atoms with Crippen LogP contribution in [0.5, 0.6) is 0 Å². The highest BCUT2D eigenvalue weighted by Crippen LogP contribution is 2.37. The molecule has 9 heteroatoms. The second-order valence-corrected chi connectivity index (χ2v) is 5.14. The molecule has 0 bridgehead atoms. The van der Waals surface area contributed by atoms with Gasteiger partial charge in [0.25, 0.3) is 0 Å². The molecule has 0 atom stereocenters. The van der Waals surface area contributed by atoms with Crippen LogP contribution >= 0.6 is 0 Å². The Bertz CT molecular complexity index is 898. The van der Waals surface area contributed by atoms with E-state index in [9.17, 15) is 26.3 Å². The first kappa shape index (κ1) is 17.0. The van der Waals surface area contributed by atoms with Crippen LogP contribution in [0.15, 0.2) is 48.8 Å². The standard InChI is InChI=1S/C16H9F6N3/c17-15(18,19)9-1-2-11-12(7-9)25-14(16(20,21)22)8-13(11)24-10-3-5-23-6-4-10/h1-8H,(H,23,24,25). The maximum atomic E-state index is 13.0. The number of fused-ring (bicyclic) bond motifs is 1. The number of halogens is 6. The van der Waals surface area contributed by atoms with Crippen LogP contribution in [0.25, 0.3) is 10.9 Å². The van der Waals surface area contributed by atoms with Crippen molar-refractivity contribution in [3.8, 4) is 0 Å². The summed E-state index contributed by atoms with van der Waals surface area (Å²) in [4.78, 5) is 7.13. The molecule has 130 valence electrons. The second kappa shape index (κ2) is 5.91. The Morgan fingerprint density at radius 3 is 2.08 bits per heavy atom. The highest BCUT2D eigenvalue weighted by atomic mass is 19.4. The van der Waals surface area contributed by atoms with E-state index in [0.29, 0.717) is 11.8 Å². The average Bonchev–Trinajstić information content (AvgIpc) is 2.53. The number of hydrogen-bond donors (Lipinski definition) is 1. The third-order valence-electron chi connectivity index (χ3n) is 3.39. The van der Waals surface area contributed by atoms with Crippen molar-refractivity contribution < 1.29 is 26.3 Å². The number of nitrogens with one attached hydrogen (secondary N) is 1. The summed E-state index contributed by atoms with van der Waals surface area (Å²) in [5.74, 6) is 0. The number of aromatic nitrogens is 2. The quantitative estimate of drug-likeness (QED) is 0.623. The van der Waals surface area contributed by atoms with E-state index in [1.807, 2.05) is 0 Å². The summed E-state index contributed by atoms with van der Waals surface area (Å²) in [5.41, 5.74) is -2.31. The van der Waals surface area contributed by atoms with Gasteiger partial charge in [-0.25, -0.2) is 4.98 Å². The summed E-state index contributed by atoms with van der Waals surface area (Å²) in [7, 11) is 0. The fourth-order valence-corrected chi connectivity index (χ4v) is 2.24. The van der Waals surface area contributed by atoms with Crippen molar-refractivity contribution in [1.82, 2.24) is 9.97 Å². The molecule has 0 saturated heterocycles. The van der Waals surface area contributed by atoms with Crippen molar-refractivity contribution in [2.45, 2.75) is 12.4 Å². The fraction of sp³-hybridized carbons (Fsp3) is 0.125. The molecule has 3 nitrogen and oxygen atoms in total. The fourth-order valence-electron chi connectivity index (χ4n) is 2.24. The molecule has 0 aliphatic heterocycles. The molecule has 0 aliphatic rings. The number of benzene rings is 1. The van der Waals surface area contributed by atoms with E-state index >= 15 is 0 Å². The first-order chi connectivity index (χ1) is 11.6. The van der Waals surface area contributed by atoms with Crippen LogP contribution in [-0.4, -0.2) is 9.97 Å². The van der Waals surface area contributed by atoms with Crippen molar-refractivity contribution in [2.24, 2.45) is 0 Å². The molecule has 0 fully saturated rings. The van der Waals surface area contributed by atoms with Gasteiger partial charge in [-0.15, -0.1) is 0 Å². The van der Waals surface area contributed by atoms with Crippen LogP contribution in [-0.2, 0) is 12.4 Å². The summed E-state index contributed by atoms with van der Waals surface area (Å²) in [5, 5.41) is 2.89. The monoisotopic (exact) mass is 357 g/mol. The van der Waals surface area contributed by atoms with E-state index < -0.39 is 29.1 Å². The largest absolute Gasteiger partial charge is 0.433 e. The average molecular weight is 357 g/mol. The zero-order valence-electron chi connectivity index (χ0n) is 12.3. The molecular formula is C16H9F6N3. The number of rotatable bonds is 2. The number of alkyl halides is 6. The van der Waals surface area contributed by atoms with Crippen LogP contribution in [0.2, 0.25) is 0 Å². The normalized spacial score (nSPS) is 12.4. The van der Waals surface area contributed by atoms with Gasteiger partial charge in [-0.3, -0.25) is 4.98 Å². The van der Waals surface area contributed by atoms with Gasteiger partial charge in [0, 0.05) is 23.5 Å². The summed E-state index contributed by atoms with van der Waals surface area (Å²) < 4.78 is 77.6. The molecule has 1 N–H and O–H groups in total. The molecule has 25 heavy (non-hydrogen) atoms. The van der Waals surface area contributed by atoms with Crippen molar-refractivity contribution in [2.75, 3.05) is 5.32 Å². The van der Waals surface area contributed by atoms with Crippen molar-refractivity contribution in [3.63, 3.8) is 0 Å². The molecule has 1 aromatic carbocycles. The Kier molecular flexibility index (Phi) is 4.02. The van der Waals surface area contributed by atoms with Crippen LogP contribution in [0.1, 0.15) is 11.3 Å². The second-order valence-electron chi connectivity index (χ2n) is 5.14. The Labute approximate surface area is 137 Å². The third-order valence-corrected chi connectivity index (χ3v) is 3.39. The molecule has 3 rings (SSSR count). The summed E-state index contributed by atoms with van der Waals surface area (Å²) in [6, 6.07) is 6.29. The van der Waals surface area contributed by atoms with Crippen LogP contribution in [0, 0.1) is 0 Å². The minimum atomic E-state index is -4.79. The first-order valence-electron chi connectivity index (χ1n) is 6.91. The van der Waals surface area contributed by atoms with Crippen molar-refractivity contribution in [3.05, 3.63) is 60.0 Å². The smallest absolute Gasteiger partial charge is 0.355 e. The van der Waals surface area contributed by atoms with Gasteiger partial charge >= 0.3 is 12.4 Å². The Hall–Kier alpha value is -2.84. The zero-order chi connectivity index (χ0) is 18.2. The van der Waals surface area contributed by atoms with Gasteiger partial charge in [-0.2, -0.15) is 26.3 Å². The van der Waals surface area contributed by atoms with Gasteiger partial charge in [-0.05, 0) is 30.3 Å². The zero-order valence-corrected chi connectivity index (χ0v) is 12.3. The predicted octanol–water partition coefficient (Wildman–Crippen LogP) is 5.41. The topological polar surface area (TPSA) is 37.8 Å². The Balaban J connectivity index is 2.20. The summed E-state index contributed by atoms with van der Waals surface area (Å²) >= 11 is 0. The van der Waals surface area contributed by atoms with Crippen LogP contribution < -0.4 is 5.32 Å². The van der Waals surface area contributed by atoms with E-state index in [4.69, 9.17) is 0 Å². The van der Waals surface area contributed by atoms with Crippen molar-refractivity contribution >= 4 is 22.3 Å². The SMILES string of the molecule is FC(F)(F)c1ccc2c(Nc3ccncc3)cc(C(F)(F)F)nc2c1. The van der Waals surface area contributed by atoms with E-state index in [-0.39, 0.29) is 11.1 Å². The molecule has 2 aromatic heterocycles. The Morgan fingerprint density at radius 2 is 1.48 bits per heavy atom. The molecule has 0 radical (unpaired) electrons. The molecule has 0 amide bonds. The lowest BCUT2D eigenvalue weighted by atomic mass is 10.1. The van der Waals surface area contributed by atoms with Gasteiger partial charge in [0.05, 0.1) is 16.8 Å². The number of pyridine rings is 2. The van der Waals surface area contributed by atoms with Crippen molar-refractivity contribution in [1.29, 1.82) is 0 Å². The number of nitrogens with zero attached hydrogens (tertiary/aromatic N) is 2. The highest BCUT2D eigenvalue weighted by molar-refractivity contribution is 5.93. The summed E-state index contributed by atoms with van der Waals surface area (Å²) in [6.07, 6.45) is -6.61. The van der Waals surface area contributed by atoms with E-state index in [0.717, 1.165) is 18.2 Å². The molecule has 3 aromatic rings. The minimum Gasteiger partial charge on any atom is -0.355 e. The summed E-state index contributed by atoms with van der Waals surface area (Å²) in [6.45, 7) is 0. The van der Waals surface area contributed by atoms with Gasteiger partial charge in [-0.1, -0.05) is 6.07 Å². The van der Waals surface area contributed by atoms with Gasteiger partial charge in [0.1, 0.15) is 5.69 Å². The maximum absolute atomic E-state index is 13.0. The molecular weight excluding hydrogens is 348 g/mol. The molecule has 0 unspecified atom stereocenters. The Morgan fingerprint density at radius 1 is 0.800 bits per heavy atom. The van der Waals surface area contributed by atoms with Gasteiger partial charge in [0.2, 0.25) is 0 Å². The van der Waals surface area contributed by atoms with Crippen LogP contribution in [0.3, 0.4) is 0 Å². The van der Waals surface area contributed by atoms with E-state index in [1.165, 1.54) is 24.5 Å². The van der Waals surface area contributed by atoms with E-state index in [2.05, 4.69) is 15.3 Å². The number of anilines is 2. The lowest BCUT2D eigenvalue weighted by Gasteiger charge is -2.15. The number of hydrogen-bond acceptors (Lipinski definition) is 3.